The van der Waals surface area contributed by atoms with Gasteiger partial charge in [0.1, 0.15) is 29.6 Å². The predicted molar refractivity (Wildman–Crippen MR) is 108 cm³/mol. The number of nitrogens with one attached hydrogen (secondary N) is 1. The number of halogens is 2. The second-order valence-electron chi connectivity index (χ2n) is 6.62. The van der Waals surface area contributed by atoms with E-state index in [0.717, 1.165) is 31.8 Å². The number of benzene rings is 1. The average Bonchev–Trinajstić information content (AvgIpc) is 3.14. The zero-order valence-corrected chi connectivity index (χ0v) is 16.7. The Morgan fingerprint density at radius 1 is 1.20 bits per heavy atom. The number of aromatic amines is 1. The van der Waals surface area contributed by atoms with Crippen molar-refractivity contribution in [1.82, 2.24) is 14.9 Å². The normalized spacial score (nSPS) is 11.2. The Labute approximate surface area is 171 Å². The number of hydrogen-bond donors (Lipinski definition) is 2. The second-order valence-corrected chi connectivity index (χ2v) is 6.62. The van der Waals surface area contributed by atoms with Crippen molar-refractivity contribution >= 4 is 22.7 Å². The van der Waals surface area contributed by atoms with Crippen LogP contribution in [0.1, 0.15) is 40.1 Å². The van der Waals surface area contributed by atoms with E-state index in [-0.39, 0.29) is 5.56 Å². The molecule has 7 nitrogen and oxygen atoms in total. The average molecular weight is 416 g/mol. The molecule has 0 atom stereocenters. The topological polar surface area (TPSA) is 101 Å². The van der Waals surface area contributed by atoms with E-state index in [9.17, 15) is 18.4 Å². The van der Waals surface area contributed by atoms with E-state index in [1.54, 1.807) is 6.07 Å². The number of ether oxygens (including phenoxy) is 1. The maximum Gasteiger partial charge on any atom is 0.251 e. The van der Waals surface area contributed by atoms with Crippen LogP contribution in [0.2, 0.25) is 0 Å². The molecule has 0 saturated carbocycles. The van der Waals surface area contributed by atoms with Gasteiger partial charge in [-0.3, -0.25) is 9.59 Å². The van der Waals surface area contributed by atoms with Crippen molar-refractivity contribution in [3.05, 3.63) is 58.9 Å². The summed E-state index contributed by atoms with van der Waals surface area (Å²) in [6, 6.07) is 3.33. The maximum atomic E-state index is 14.6. The van der Waals surface area contributed by atoms with Crippen LogP contribution in [0, 0.1) is 11.6 Å². The van der Waals surface area contributed by atoms with E-state index in [1.165, 1.54) is 12.4 Å². The molecule has 158 valence electrons. The molecular formula is C21H22F2N4O3. The third kappa shape index (κ3) is 4.16. The van der Waals surface area contributed by atoms with E-state index in [4.69, 9.17) is 10.5 Å². The molecule has 1 aromatic carbocycles. The highest BCUT2D eigenvalue weighted by molar-refractivity contribution is 6.17. The summed E-state index contributed by atoms with van der Waals surface area (Å²) >= 11 is 0. The quantitative estimate of drug-likeness (QED) is 0.523. The number of amides is 1. The molecule has 30 heavy (non-hydrogen) atoms. The van der Waals surface area contributed by atoms with Crippen molar-refractivity contribution in [2.45, 2.75) is 13.8 Å². The van der Waals surface area contributed by atoms with Gasteiger partial charge in [-0.15, -0.1) is 0 Å². The number of carbonyl (C=O) groups excluding carboxylic acids is 2. The van der Waals surface area contributed by atoms with Crippen LogP contribution in [0.5, 0.6) is 5.75 Å². The number of rotatable bonds is 9. The highest BCUT2D eigenvalue weighted by atomic mass is 19.1. The first-order chi connectivity index (χ1) is 14.4. The zero-order valence-electron chi connectivity index (χ0n) is 16.7. The van der Waals surface area contributed by atoms with Crippen molar-refractivity contribution in [2.75, 3.05) is 26.2 Å². The van der Waals surface area contributed by atoms with Crippen LogP contribution in [0.3, 0.4) is 0 Å². The number of ketones is 1. The van der Waals surface area contributed by atoms with E-state index in [0.29, 0.717) is 23.4 Å². The molecule has 9 heteroatoms. The Balaban J connectivity index is 1.93. The van der Waals surface area contributed by atoms with Gasteiger partial charge in [-0.2, -0.15) is 0 Å². The number of nitrogens with zero attached hydrogens (tertiary/aromatic N) is 2. The maximum absolute atomic E-state index is 14.6. The molecular weight excluding hydrogens is 394 g/mol. The van der Waals surface area contributed by atoms with Crippen molar-refractivity contribution in [1.29, 1.82) is 0 Å². The smallest absolute Gasteiger partial charge is 0.251 e. The summed E-state index contributed by atoms with van der Waals surface area (Å²) in [5.74, 6) is -3.97. The number of hydrogen-bond acceptors (Lipinski definition) is 5. The van der Waals surface area contributed by atoms with Crippen molar-refractivity contribution in [3.63, 3.8) is 0 Å². The highest BCUT2D eigenvalue weighted by Crippen LogP contribution is 2.26. The molecule has 0 radical (unpaired) electrons. The Kier molecular flexibility index (Phi) is 6.41. The van der Waals surface area contributed by atoms with Crippen LogP contribution in [-0.4, -0.2) is 52.8 Å². The van der Waals surface area contributed by atoms with Gasteiger partial charge in [-0.1, -0.05) is 13.8 Å². The Morgan fingerprint density at radius 3 is 2.60 bits per heavy atom. The summed E-state index contributed by atoms with van der Waals surface area (Å²) in [5, 5.41) is 0.351. The van der Waals surface area contributed by atoms with Crippen molar-refractivity contribution < 1.29 is 23.1 Å². The Hall–Kier alpha value is -3.33. The molecule has 0 unspecified atom stereocenters. The van der Waals surface area contributed by atoms with E-state index in [2.05, 4.69) is 28.7 Å². The SMILES string of the molecule is CCN(CC)CCOc1cnc2[nH]cc(C(=O)c3c(F)ccc(C(N)=O)c3F)c2c1. The number of H-pyrrole nitrogens is 1. The van der Waals surface area contributed by atoms with Crippen LogP contribution in [-0.2, 0) is 0 Å². The van der Waals surface area contributed by atoms with Gasteiger partial charge in [-0.05, 0) is 31.3 Å². The van der Waals surface area contributed by atoms with Gasteiger partial charge in [0.05, 0.1) is 17.3 Å². The number of likely N-dealkylation sites (N-methyl/N-ethyl adjacent to an activating group) is 1. The minimum Gasteiger partial charge on any atom is -0.491 e. The third-order valence-electron chi connectivity index (χ3n) is 4.90. The first-order valence-electron chi connectivity index (χ1n) is 9.52. The molecule has 3 rings (SSSR count). The lowest BCUT2D eigenvalue weighted by molar-refractivity contribution is 0.0996. The zero-order chi connectivity index (χ0) is 21.8. The van der Waals surface area contributed by atoms with Gasteiger partial charge >= 0.3 is 0 Å². The second kappa shape index (κ2) is 9.00. The highest BCUT2D eigenvalue weighted by Gasteiger charge is 2.25. The molecule has 1 amide bonds. The van der Waals surface area contributed by atoms with Gasteiger partial charge in [-0.25, -0.2) is 13.8 Å². The molecule has 2 aromatic heterocycles. The number of nitrogens with two attached hydrogens (primary N) is 1. The lowest BCUT2D eigenvalue weighted by atomic mass is 9.99. The van der Waals surface area contributed by atoms with Crippen molar-refractivity contribution in [2.24, 2.45) is 5.73 Å². The van der Waals surface area contributed by atoms with Crippen LogP contribution in [0.25, 0.3) is 11.0 Å². The summed E-state index contributed by atoms with van der Waals surface area (Å²) < 4.78 is 34.6. The molecule has 0 saturated heterocycles. The van der Waals surface area contributed by atoms with Gasteiger partial charge in [0, 0.05) is 23.7 Å². The van der Waals surface area contributed by atoms with Gasteiger partial charge in [0.15, 0.2) is 0 Å². The number of aromatic nitrogens is 2. The fourth-order valence-corrected chi connectivity index (χ4v) is 3.17. The van der Waals surface area contributed by atoms with Crippen molar-refractivity contribution in [3.8, 4) is 5.75 Å². The summed E-state index contributed by atoms with van der Waals surface area (Å²) in [6.45, 7) is 7.05. The van der Waals surface area contributed by atoms with E-state index in [1.807, 2.05) is 0 Å². The first-order valence-corrected chi connectivity index (χ1v) is 9.52. The molecule has 2 heterocycles. The predicted octanol–water partition coefficient (Wildman–Crippen LogP) is 2.89. The summed E-state index contributed by atoms with van der Waals surface area (Å²) in [7, 11) is 0. The van der Waals surface area contributed by atoms with Crippen LogP contribution in [0.4, 0.5) is 8.78 Å². The summed E-state index contributed by atoms with van der Waals surface area (Å²) in [4.78, 5) is 33.4. The fourth-order valence-electron chi connectivity index (χ4n) is 3.17. The van der Waals surface area contributed by atoms with E-state index >= 15 is 0 Å². The van der Waals surface area contributed by atoms with Crippen LogP contribution < -0.4 is 10.5 Å². The van der Waals surface area contributed by atoms with Gasteiger partial charge in [0.25, 0.3) is 5.91 Å². The largest absolute Gasteiger partial charge is 0.491 e. The summed E-state index contributed by atoms with van der Waals surface area (Å²) in [6.07, 6.45) is 2.82. The molecule has 0 aliphatic heterocycles. The minimum absolute atomic E-state index is 0.00566. The number of pyridine rings is 1. The molecule has 3 aromatic rings. The van der Waals surface area contributed by atoms with E-state index < -0.39 is 34.5 Å². The molecule has 0 fully saturated rings. The minimum atomic E-state index is -1.29. The lowest BCUT2D eigenvalue weighted by Crippen LogP contribution is -2.27. The van der Waals surface area contributed by atoms with Gasteiger partial charge < -0.3 is 20.4 Å². The molecule has 0 bridgehead atoms. The fraction of sp³-hybridized carbons (Fsp3) is 0.286. The molecule has 3 N–H and O–H groups in total. The van der Waals surface area contributed by atoms with Gasteiger partial charge in [0.2, 0.25) is 5.78 Å². The lowest BCUT2D eigenvalue weighted by Gasteiger charge is -2.17. The molecule has 0 aliphatic rings. The number of fused-ring (bicyclic) bond motifs is 1. The van der Waals surface area contributed by atoms with Crippen LogP contribution >= 0.6 is 0 Å². The Morgan fingerprint density at radius 2 is 1.93 bits per heavy atom. The number of primary amides is 1. The Bertz CT molecular complexity index is 1090. The third-order valence-corrected chi connectivity index (χ3v) is 4.90. The summed E-state index contributed by atoms with van der Waals surface area (Å²) in [5.41, 5.74) is 4.07. The monoisotopic (exact) mass is 416 g/mol. The number of carbonyl (C=O) groups is 2. The first kappa shape index (κ1) is 21.4. The molecule has 0 aliphatic carbocycles. The van der Waals surface area contributed by atoms with Crippen LogP contribution in [0.15, 0.2) is 30.6 Å². The molecule has 0 spiro atoms. The standard InChI is InChI=1S/C21H22F2N4O3/c1-3-27(4-2)7-8-30-12-9-14-15(11-26-21(14)25-10-12)19(28)17-16(22)6-5-13(18(17)23)20(24)29/h5-6,9-11H,3-4,7-8H2,1-2H3,(H2,24,29)(H,25,26).